The maximum absolute atomic E-state index is 6.32. The predicted octanol–water partition coefficient (Wildman–Crippen LogP) is 4.28. The van der Waals surface area contributed by atoms with Crippen LogP contribution in [-0.2, 0) is 0 Å². The quantitative estimate of drug-likeness (QED) is 0.697. The molecule has 1 aromatic heterocycles. The lowest BCUT2D eigenvalue weighted by Crippen LogP contribution is -2.46. The molecule has 2 aromatic carbocycles. The van der Waals surface area contributed by atoms with Gasteiger partial charge in [-0.2, -0.15) is 0 Å². The van der Waals surface area contributed by atoms with Gasteiger partial charge in [-0.3, -0.25) is 0 Å². The zero-order valence-electron chi connectivity index (χ0n) is 13.4. The highest BCUT2D eigenvalue weighted by Crippen LogP contribution is 2.33. The summed E-state index contributed by atoms with van der Waals surface area (Å²) in [6.07, 6.45) is 0. The summed E-state index contributed by atoms with van der Waals surface area (Å²) in [5.74, 6) is 0.876. The minimum absolute atomic E-state index is 0.818. The van der Waals surface area contributed by atoms with Gasteiger partial charge < -0.3 is 14.5 Å². The van der Waals surface area contributed by atoms with Crippen LogP contribution in [0.4, 0.5) is 10.8 Å². The van der Waals surface area contributed by atoms with Gasteiger partial charge in [-0.05, 0) is 30.3 Å². The molecule has 0 atom stereocenters. The fourth-order valence-corrected chi connectivity index (χ4v) is 4.30. The Bertz CT molecular complexity index is 858. The number of anilines is 2. The van der Waals surface area contributed by atoms with Crippen LogP contribution in [0.1, 0.15) is 0 Å². The number of piperazine rings is 1. The van der Waals surface area contributed by atoms with Crippen molar-refractivity contribution in [1.82, 2.24) is 4.98 Å². The Morgan fingerprint density at radius 2 is 1.79 bits per heavy atom. The van der Waals surface area contributed by atoms with E-state index in [2.05, 4.69) is 21.9 Å². The molecule has 1 aliphatic heterocycles. The molecule has 4 nitrogen and oxygen atoms in total. The molecule has 1 saturated heterocycles. The van der Waals surface area contributed by atoms with Crippen LogP contribution in [0.3, 0.4) is 0 Å². The first-order valence-corrected chi connectivity index (χ1v) is 9.13. The fourth-order valence-electron chi connectivity index (χ4n) is 3.00. The summed E-state index contributed by atoms with van der Waals surface area (Å²) in [7, 11) is 1.69. The average Bonchev–Trinajstić information content (AvgIpc) is 3.05. The monoisotopic (exact) mass is 359 g/mol. The van der Waals surface area contributed by atoms with Crippen molar-refractivity contribution < 1.29 is 4.74 Å². The number of ether oxygens (including phenoxy) is 1. The molecule has 0 radical (unpaired) electrons. The molecule has 0 saturated carbocycles. The van der Waals surface area contributed by atoms with E-state index in [4.69, 9.17) is 21.3 Å². The third kappa shape index (κ3) is 2.89. The van der Waals surface area contributed by atoms with Gasteiger partial charge in [0.25, 0.3) is 0 Å². The number of benzene rings is 2. The number of rotatable bonds is 3. The van der Waals surface area contributed by atoms with Gasteiger partial charge in [0.1, 0.15) is 5.75 Å². The summed E-state index contributed by atoms with van der Waals surface area (Å²) in [4.78, 5) is 9.47. The molecule has 3 aromatic rings. The van der Waals surface area contributed by atoms with E-state index < -0.39 is 0 Å². The van der Waals surface area contributed by atoms with Crippen molar-refractivity contribution in [3.05, 3.63) is 47.5 Å². The van der Waals surface area contributed by atoms with Crippen molar-refractivity contribution in [3.63, 3.8) is 0 Å². The van der Waals surface area contributed by atoms with Crippen molar-refractivity contribution >= 4 is 44.0 Å². The zero-order valence-corrected chi connectivity index (χ0v) is 15.0. The number of methoxy groups -OCH3 is 1. The highest BCUT2D eigenvalue weighted by atomic mass is 35.5. The van der Waals surface area contributed by atoms with Gasteiger partial charge in [-0.1, -0.05) is 35.1 Å². The standard InChI is InChI=1S/C18H18ClN3OS/c1-23-13-6-7-15-17(12-13)24-18(20-15)22-10-8-21(9-11-22)16-5-3-2-4-14(16)19/h2-7,12H,8-11H2,1H3. The Morgan fingerprint density at radius 3 is 2.54 bits per heavy atom. The first-order chi connectivity index (χ1) is 11.7. The smallest absolute Gasteiger partial charge is 0.186 e. The SMILES string of the molecule is COc1ccc2nc(N3CCN(c4ccccc4Cl)CC3)sc2c1. The van der Waals surface area contributed by atoms with E-state index in [-0.39, 0.29) is 0 Å². The van der Waals surface area contributed by atoms with Gasteiger partial charge in [0.05, 0.1) is 28.0 Å². The molecule has 0 spiro atoms. The number of nitrogens with zero attached hydrogens (tertiary/aromatic N) is 3. The number of halogens is 1. The summed E-state index contributed by atoms with van der Waals surface area (Å²) in [6.45, 7) is 3.79. The molecule has 1 fully saturated rings. The summed E-state index contributed by atoms with van der Waals surface area (Å²) < 4.78 is 6.46. The van der Waals surface area contributed by atoms with Crippen molar-refractivity contribution in [2.24, 2.45) is 0 Å². The largest absolute Gasteiger partial charge is 0.497 e. The lowest BCUT2D eigenvalue weighted by Gasteiger charge is -2.36. The lowest BCUT2D eigenvalue weighted by molar-refractivity contribution is 0.415. The molecule has 124 valence electrons. The number of aromatic nitrogens is 1. The van der Waals surface area contributed by atoms with Crippen molar-refractivity contribution in [1.29, 1.82) is 0 Å². The molecule has 0 N–H and O–H groups in total. The average molecular weight is 360 g/mol. The van der Waals surface area contributed by atoms with E-state index in [0.717, 1.165) is 58.0 Å². The molecule has 2 heterocycles. The molecule has 0 aliphatic carbocycles. The Balaban J connectivity index is 1.50. The topological polar surface area (TPSA) is 28.6 Å². The van der Waals surface area contributed by atoms with E-state index in [0.29, 0.717) is 0 Å². The zero-order chi connectivity index (χ0) is 16.5. The van der Waals surface area contributed by atoms with Crippen LogP contribution in [0, 0.1) is 0 Å². The second kappa shape index (κ2) is 6.49. The van der Waals surface area contributed by atoms with Crippen LogP contribution in [0.15, 0.2) is 42.5 Å². The molecule has 0 unspecified atom stereocenters. The Morgan fingerprint density at radius 1 is 1.04 bits per heavy atom. The molecule has 1 aliphatic rings. The van der Waals surface area contributed by atoms with E-state index in [9.17, 15) is 0 Å². The summed E-state index contributed by atoms with van der Waals surface area (Å²) >= 11 is 8.04. The van der Waals surface area contributed by atoms with Crippen molar-refractivity contribution in [2.45, 2.75) is 0 Å². The van der Waals surface area contributed by atoms with Crippen LogP contribution in [0.25, 0.3) is 10.2 Å². The highest BCUT2D eigenvalue weighted by molar-refractivity contribution is 7.22. The third-order valence-corrected chi connectivity index (χ3v) is 5.73. The van der Waals surface area contributed by atoms with Gasteiger partial charge in [-0.15, -0.1) is 0 Å². The van der Waals surface area contributed by atoms with Crippen LogP contribution in [-0.4, -0.2) is 38.3 Å². The molecule has 24 heavy (non-hydrogen) atoms. The molecule has 4 rings (SSSR count). The van der Waals surface area contributed by atoms with Gasteiger partial charge >= 0.3 is 0 Å². The Kier molecular flexibility index (Phi) is 4.21. The number of thiazole rings is 1. The van der Waals surface area contributed by atoms with Gasteiger partial charge in [0.15, 0.2) is 5.13 Å². The maximum Gasteiger partial charge on any atom is 0.186 e. The van der Waals surface area contributed by atoms with Crippen molar-refractivity contribution in [3.8, 4) is 5.75 Å². The van der Waals surface area contributed by atoms with Gasteiger partial charge in [-0.25, -0.2) is 4.98 Å². The van der Waals surface area contributed by atoms with E-state index >= 15 is 0 Å². The van der Waals surface area contributed by atoms with Gasteiger partial charge in [0, 0.05) is 26.2 Å². The van der Waals surface area contributed by atoms with Gasteiger partial charge in [0.2, 0.25) is 0 Å². The first kappa shape index (κ1) is 15.5. The van der Waals surface area contributed by atoms with Crippen molar-refractivity contribution in [2.75, 3.05) is 43.1 Å². The summed E-state index contributed by atoms with van der Waals surface area (Å²) in [5, 5.41) is 1.90. The predicted molar refractivity (Wildman–Crippen MR) is 102 cm³/mol. The first-order valence-electron chi connectivity index (χ1n) is 7.93. The lowest BCUT2D eigenvalue weighted by atomic mass is 10.2. The van der Waals surface area contributed by atoms with Crippen LogP contribution >= 0.6 is 22.9 Å². The van der Waals surface area contributed by atoms with E-state index in [1.807, 2.05) is 30.3 Å². The maximum atomic E-state index is 6.32. The summed E-state index contributed by atoms with van der Waals surface area (Å²) in [5.41, 5.74) is 2.15. The highest BCUT2D eigenvalue weighted by Gasteiger charge is 2.21. The van der Waals surface area contributed by atoms with Crippen LogP contribution in [0.5, 0.6) is 5.75 Å². The number of hydrogen-bond acceptors (Lipinski definition) is 5. The fraction of sp³-hybridized carbons (Fsp3) is 0.278. The second-order valence-corrected chi connectivity index (χ2v) is 7.17. The number of hydrogen-bond donors (Lipinski definition) is 0. The minimum atomic E-state index is 0.818. The van der Waals surface area contributed by atoms with Crippen LogP contribution < -0.4 is 14.5 Å². The number of para-hydroxylation sites is 1. The van der Waals surface area contributed by atoms with Crippen LogP contribution in [0.2, 0.25) is 5.02 Å². The molecular formula is C18H18ClN3OS. The summed E-state index contributed by atoms with van der Waals surface area (Å²) in [6, 6.07) is 14.1. The molecular weight excluding hydrogens is 342 g/mol. The number of fused-ring (bicyclic) bond motifs is 1. The normalized spacial score (nSPS) is 15.1. The third-order valence-electron chi connectivity index (χ3n) is 4.33. The van der Waals surface area contributed by atoms with E-state index in [1.54, 1.807) is 18.4 Å². The Labute approximate surface area is 150 Å². The minimum Gasteiger partial charge on any atom is -0.497 e. The molecule has 0 amide bonds. The molecule has 6 heteroatoms. The second-order valence-electron chi connectivity index (χ2n) is 5.76. The Hall–Kier alpha value is -1.98. The molecule has 0 bridgehead atoms. The van der Waals surface area contributed by atoms with E-state index in [1.165, 1.54) is 0 Å².